The highest BCUT2D eigenvalue weighted by atomic mass is 16.5. The number of ether oxygens (including phenoxy) is 1. The molecule has 5 rings (SSSR count). The van der Waals surface area contributed by atoms with Crippen molar-refractivity contribution < 1.29 is 13.9 Å². The largest absolute Gasteiger partial charge is 0.494 e. The molecule has 0 radical (unpaired) electrons. The summed E-state index contributed by atoms with van der Waals surface area (Å²) < 4.78 is 11.7. The van der Waals surface area contributed by atoms with Crippen molar-refractivity contribution in [2.45, 2.75) is 33.4 Å². The average molecular weight is 440 g/mol. The molecule has 1 aliphatic heterocycles. The van der Waals surface area contributed by atoms with Gasteiger partial charge in [-0.15, -0.1) is 0 Å². The molecule has 0 aliphatic carbocycles. The standard InChI is InChI=1S/C27H24N2O4/c1-4-32-20-9-7-19(8-10-20)23-22-24(30)21-13-16(2)12-17(3)25(21)33-26(22)27(31)29(23)15-18-6-5-11-28-14-18/h5-14,23H,4,15H2,1-3H3/t23-/m1/s1. The van der Waals surface area contributed by atoms with Crippen LogP contribution in [-0.4, -0.2) is 22.4 Å². The highest BCUT2D eigenvalue weighted by Crippen LogP contribution is 2.40. The number of benzene rings is 2. The van der Waals surface area contributed by atoms with Crippen LogP contribution in [0.1, 0.15) is 51.3 Å². The Kier molecular flexibility index (Phi) is 5.21. The second-order valence-electron chi connectivity index (χ2n) is 8.33. The molecule has 0 spiro atoms. The number of fused-ring (bicyclic) bond motifs is 2. The number of rotatable bonds is 5. The summed E-state index contributed by atoms with van der Waals surface area (Å²) in [5.74, 6) is 0.551. The van der Waals surface area contributed by atoms with Crippen molar-refractivity contribution in [2.75, 3.05) is 6.61 Å². The van der Waals surface area contributed by atoms with E-state index in [0.29, 0.717) is 29.7 Å². The maximum atomic E-state index is 13.7. The van der Waals surface area contributed by atoms with E-state index in [1.54, 1.807) is 17.3 Å². The molecule has 0 N–H and O–H groups in total. The quantitative estimate of drug-likeness (QED) is 0.439. The zero-order chi connectivity index (χ0) is 23.1. The smallest absolute Gasteiger partial charge is 0.291 e. The van der Waals surface area contributed by atoms with E-state index in [-0.39, 0.29) is 17.1 Å². The van der Waals surface area contributed by atoms with E-state index < -0.39 is 6.04 Å². The second-order valence-corrected chi connectivity index (χ2v) is 8.33. The summed E-state index contributed by atoms with van der Waals surface area (Å²) in [6.07, 6.45) is 3.42. The first-order chi connectivity index (χ1) is 16.0. The number of aromatic nitrogens is 1. The predicted octanol–water partition coefficient (Wildman–Crippen LogP) is 4.95. The molecule has 4 aromatic rings. The third kappa shape index (κ3) is 3.57. The molecule has 6 nitrogen and oxygen atoms in total. The Bertz CT molecular complexity index is 1410. The topological polar surface area (TPSA) is 72.6 Å². The number of aryl methyl sites for hydroxylation is 2. The number of carbonyl (C=O) groups is 1. The Morgan fingerprint density at radius 2 is 1.88 bits per heavy atom. The predicted molar refractivity (Wildman–Crippen MR) is 126 cm³/mol. The summed E-state index contributed by atoms with van der Waals surface area (Å²) in [5, 5.41) is 0.498. The Hall–Kier alpha value is -3.93. The van der Waals surface area contributed by atoms with Crippen molar-refractivity contribution in [3.05, 3.63) is 105 Å². The number of nitrogens with zero attached hydrogens (tertiary/aromatic N) is 2. The van der Waals surface area contributed by atoms with Gasteiger partial charge in [-0.05, 0) is 67.3 Å². The first kappa shape index (κ1) is 20.9. The van der Waals surface area contributed by atoms with Crippen LogP contribution in [0.2, 0.25) is 0 Å². The number of amides is 1. The second kappa shape index (κ2) is 8.20. The van der Waals surface area contributed by atoms with Crippen molar-refractivity contribution in [3.63, 3.8) is 0 Å². The molecule has 1 aliphatic rings. The molecule has 3 heterocycles. The minimum atomic E-state index is -0.565. The summed E-state index contributed by atoms with van der Waals surface area (Å²) >= 11 is 0. The Labute approximate surface area is 191 Å². The monoisotopic (exact) mass is 440 g/mol. The Morgan fingerprint density at radius 3 is 2.58 bits per heavy atom. The fourth-order valence-electron chi connectivity index (χ4n) is 4.59. The van der Waals surface area contributed by atoms with Crippen LogP contribution in [0.15, 0.2) is 70.1 Å². The van der Waals surface area contributed by atoms with Crippen LogP contribution in [0.25, 0.3) is 11.0 Å². The fraction of sp³-hybridized carbons (Fsp3) is 0.222. The number of carbonyl (C=O) groups excluding carboxylic acids is 1. The van der Waals surface area contributed by atoms with Gasteiger partial charge >= 0.3 is 0 Å². The lowest BCUT2D eigenvalue weighted by Crippen LogP contribution is -2.29. The van der Waals surface area contributed by atoms with Crippen LogP contribution in [0, 0.1) is 13.8 Å². The van der Waals surface area contributed by atoms with E-state index in [1.807, 2.05) is 69.3 Å². The van der Waals surface area contributed by atoms with Gasteiger partial charge in [-0.3, -0.25) is 14.6 Å². The average Bonchev–Trinajstić information content (AvgIpc) is 3.08. The SMILES string of the molecule is CCOc1ccc([C@@H]2c3c(oc4c(C)cc(C)cc4c3=O)C(=O)N2Cc2cccnc2)cc1. The van der Waals surface area contributed by atoms with Crippen molar-refractivity contribution in [3.8, 4) is 5.75 Å². The Morgan fingerprint density at radius 1 is 1.09 bits per heavy atom. The van der Waals surface area contributed by atoms with E-state index in [4.69, 9.17) is 9.15 Å². The molecule has 0 bridgehead atoms. The minimum Gasteiger partial charge on any atom is -0.494 e. The first-order valence-electron chi connectivity index (χ1n) is 11.0. The number of hydrogen-bond acceptors (Lipinski definition) is 5. The van der Waals surface area contributed by atoms with Gasteiger partial charge in [0.15, 0.2) is 5.43 Å². The summed E-state index contributed by atoms with van der Waals surface area (Å²) in [5.41, 5.74) is 4.18. The summed E-state index contributed by atoms with van der Waals surface area (Å²) in [4.78, 5) is 33.2. The van der Waals surface area contributed by atoms with Gasteiger partial charge in [-0.2, -0.15) is 0 Å². The molecule has 2 aromatic carbocycles. The highest BCUT2D eigenvalue weighted by Gasteiger charge is 2.42. The molecule has 6 heteroatoms. The summed E-state index contributed by atoms with van der Waals surface area (Å²) in [6.45, 7) is 6.63. The normalized spacial score (nSPS) is 15.2. The summed E-state index contributed by atoms with van der Waals surface area (Å²) in [6, 6.07) is 14.5. The molecule has 0 fully saturated rings. The molecule has 2 aromatic heterocycles. The molecule has 0 unspecified atom stereocenters. The van der Waals surface area contributed by atoms with E-state index in [2.05, 4.69) is 4.98 Å². The zero-order valence-electron chi connectivity index (χ0n) is 18.8. The van der Waals surface area contributed by atoms with Gasteiger partial charge in [-0.1, -0.05) is 24.3 Å². The van der Waals surface area contributed by atoms with E-state index in [0.717, 1.165) is 28.0 Å². The van der Waals surface area contributed by atoms with Crippen LogP contribution in [0.4, 0.5) is 0 Å². The molecule has 1 atom stereocenters. The van der Waals surface area contributed by atoms with E-state index >= 15 is 0 Å². The maximum absolute atomic E-state index is 13.7. The fourth-order valence-corrected chi connectivity index (χ4v) is 4.59. The molecule has 1 amide bonds. The van der Waals surface area contributed by atoms with Crippen LogP contribution in [0.3, 0.4) is 0 Å². The Balaban J connectivity index is 1.72. The number of pyridine rings is 1. The van der Waals surface area contributed by atoms with Gasteiger partial charge < -0.3 is 14.1 Å². The lowest BCUT2D eigenvalue weighted by atomic mass is 9.97. The van der Waals surface area contributed by atoms with E-state index in [9.17, 15) is 9.59 Å². The lowest BCUT2D eigenvalue weighted by molar-refractivity contribution is 0.0714. The first-order valence-corrected chi connectivity index (χ1v) is 11.0. The van der Waals surface area contributed by atoms with Gasteiger partial charge in [0.05, 0.1) is 23.6 Å². The van der Waals surface area contributed by atoms with Crippen molar-refractivity contribution in [1.82, 2.24) is 9.88 Å². The van der Waals surface area contributed by atoms with Crippen LogP contribution in [0.5, 0.6) is 5.75 Å². The van der Waals surface area contributed by atoms with Gasteiger partial charge in [0.25, 0.3) is 5.91 Å². The van der Waals surface area contributed by atoms with Crippen LogP contribution < -0.4 is 10.2 Å². The molecule has 33 heavy (non-hydrogen) atoms. The maximum Gasteiger partial charge on any atom is 0.291 e. The minimum absolute atomic E-state index is 0.113. The third-order valence-electron chi connectivity index (χ3n) is 5.98. The molecular weight excluding hydrogens is 416 g/mol. The molecule has 0 saturated heterocycles. The summed E-state index contributed by atoms with van der Waals surface area (Å²) in [7, 11) is 0. The molecule has 0 saturated carbocycles. The van der Waals surface area contributed by atoms with Crippen molar-refractivity contribution in [1.29, 1.82) is 0 Å². The van der Waals surface area contributed by atoms with Gasteiger partial charge in [-0.25, -0.2) is 0 Å². The van der Waals surface area contributed by atoms with E-state index in [1.165, 1.54) is 0 Å². The zero-order valence-corrected chi connectivity index (χ0v) is 18.8. The van der Waals surface area contributed by atoms with Crippen LogP contribution in [-0.2, 0) is 6.54 Å². The van der Waals surface area contributed by atoms with Crippen LogP contribution >= 0.6 is 0 Å². The van der Waals surface area contributed by atoms with Gasteiger partial charge in [0.2, 0.25) is 5.76 Å². The van der Waals surface area contributed by atoms with Gasteiger partial charge in [0.1, 0.15) is 11.3 Å². The molecule has 166 valence electrons. The highest BCUT2D eigenvalue weighted by molar-refractivity contribution is 5.99. The number of hydrogen-bond donors (Lipinski definition) is 0. The molecular formula is C27H24N2O4. The van der Waals surface area contributed by atoms with Gasteiger partial charge in [0, 0.05) is 18.9 Å². The van der Waals surface area contributed by atoms with Crippen molar-refractivity contribution >= 4 is 16.9 Å². The lowest BCUT2D eigenvalue weighted by Gasteiger charge is -2.25. The van der Waals surface area contributed by atoms with Crippen molar-refractivity contribution in [2.24, 2.45) is 0 Å². The third-order valence-corrected chi connectivity index (χ3v) is 5.98.